The van der Waals surface area contributed by atoms with E-state index in [-0.39, 0.29) is 18.5 Å². The van der Waals surface area contributed by atoms with Crippen molar-refractivity contribution in [2.45, 2.75) is 26.8 Å². The van der Waals surface area contributed by atoms with Crippen LogP contribution in [0.1, 0.15) is 27.9 Å². The molecule has 0 radical (unpaired) electrons. The van der Waals surface area contributed by atoms with Crippen LogP contribution in [-0.2, 0) is 11.3 Å². The molecule has 0 aliphatic rings. The largest absolute Gasteiger partial charge is 0.481 e. The third kappa shape index (κ3) is 3.48. The fourth-order valence-electron chi connectivity index (χ4n) is 2.51. The van der Waals surface area contributed by atoms with Gasteiger partial charge in [0.2, 0.25) is 0 Å². The summed E-state index contributed by atoms with van der Waals surface area (Å²) in [5.74, 6) is -2.38. The third-order valence-corrected chi connectivity index (χ3v) is 3.61. The Hall–Kier alpha value is -2.89. The molecule has 1 aromatic carbocycles. The highest BCUT2D eigenvalue weighted by molar-refractivity contribution is 5.87. The number of hydrogen-bond acceptors (Lipinski definition) is 3. The maximum atomic E-state index is 12.4. The Morgan fingerprint density at radius 3 is 2.35 bits per heavy atom. The molecule has 2 N–H and O–H groups in total. The van der Waals surface area contributed by atoms with E-state index in [0.29, 0.717) is 5.69 Å². The normalized spacial score (nSPS) is 10.5. The first-order valence-electron chi connectivity index (χ1n) is 7.08. The average Bonchev–Trinajstić information content (AvgIpc) is 2.45. The van der Waals surface area contributed by atoms with Gasteiger partial charge in [-0.3, -0.25) is 9.59 Å². The molecule has 120 valence electrons. The Balaban J connectivity index is 2.66. The molecule has 6 heteroatoms. The second kappa shape index (κ2) is 6.48. The summed E-state index contributed by atoms with van der Waals surface area (Å²) in [6.07, 6.45) is -0.263. The molecular formula is C17H17NO5. The minimum absolute atomic E-state index is 0.0854. The molecule has 0 spiro atoms. The standard InChI is InChI=1S/C17H17NO5/c1-10-3-4-12(11(2)9-10)14-6-5-13(17(22)23)16(21)18(14)8-7-15(19)20/h3-6,9H,7-8H2,1-2H3,(H,19,20)(H,22,23). The number of aromatic carboxylic acids is 1. The second-order valence-corrected chi connectivity index (χ2v) is 5.36. The number of nitrogens with zero attached hydrogens (tertiary/aromatic N) is 1. The highest BCUT2D eigenvalue weighted by atomic mass is 16.4. The lowest BCUT2D eigenvalue weighted by Gasteiger charge is -2.15. The molecule has 0 saturated carbocycles. The molecule has 6 nitrogen and oxygen atoms in total. The number of carboxylic acids is 2. The maximum absolute atomic E-state index is 12.4. The van der Waals surface area contributed by atoms with Gasteiger partial charge in [0.1, 0.15) is 5.56 Å². The molecule has 2 rings (SSSR count). The number of pyridine rings is 1. The number of carbonyl (C=O) groups is 2. The summed E-state index contributed by atoms with van der Waals surface area (Å²) in [6, 6.07) is 8.49. The smallest absolute Gasteiger partial charge is 0.341 e. The first kappa shape index (κ1) is 16.5. The monoisotopic (exact) mass is 315 g/mol. The summed E-state index contributed by atoms with van der Waals surface area (Å²) in [5, 5.41) is 18.0. The van der Waals surface area contributed by atoms with Crippen molar-refractivity contribution in [2.75, 3.05) is 0 Å². The van der Waals surface area contributed by atoms with Gasteiger partial charge in [-0.1, -0.05) is 23.8 Å². The topological polar surface area (TPSA) is 96.6 Å². The SMILES string of the molecule is Cc1ccc(-c2ccc(C(=O)O)c(=O)n2CCC(=O)O)c(C)c1. The summed E-state index contributed by atoms with van der Waals surface area (Å²) >= 11 is 0. The zero-order chi connectivity index (χ0) is 17.1. The molecule has 1 aromatic heterocycles. The molecule has 0 fully saturated rings. The van der Waals surface area contributed by atoms with Gasteiger partial charge in [0, 0.05) is 12.1 Å². The molecule has 0 amide bonds. The van der Waals surface area contributed by atoms with Crippen LogP contribution in [0.25, 0.3) is 11.3 Å². The van der Waals surface area contributed by atoms with Gasteiger partial charge in [0.05, 0.1) is 12.1 Å². The first-order chi connectivity index (χ1) is 10.8. The summed E-state index contributed by atoms with van der Waals surface area (Å²) in [6.45, 7) is 3.75. The Morgan fingerprint density at radius 2 is 1.78 bits per heavy atom. The predicted octanol–water partition coefficient (Wildman–Crippen LogP) is 2.31. The van der Waals surface area contributed by atoms with Gasteiger partial charge in [-0.05, 0) is 31.5 Å². The average molecular weight is 315 g/mol. The minimum atomic E-state index is -1.33. The van der Waals surface area contributed by atoms with E-state index >= 15 is 0 Å². The predicted molar refractivity (Wildman–Crippen MR) is 84.8 cm³/mol. The van der Waals surface area contributed by atoms with E-state index in [4.69, 9.17) is 10.2 Å². The van der Waals surface area contributed by atoms with Crippen LogP contribution >= 0.6 is 0 Å². The second-order valence-electron chi connectivity index (χ2n) is 5.36. The quantitative estimate of drug-likeness (QED) is 0.882. The van der Waals surface area contributed by atoms with Gasteiger partial charge >= 0.3 is 11.9 Å². The number of aliphatic carboxylic acids is 1. The van der Waals surface area contributed by atoms with Gasteiger partial charge < -0.3 is 14.8 Å². The highest BCUT2D eigenvalue weighted by Gasteiger charge is 2.16. The van der Waals surface area contributed by atoms with E-state index in [1.807, 2.05) is 32.0 Å². The lowest BCUT2D eigenvalue weighted by atomic mass is 10.0. The molecule has 2 aromatic rings. The molecule has 0 unspecified atom stereocenters. The molecule has 0 aliphatic heterocycles. The Morgan fingerprint density at radius 1 is 1.09 bits per heavy atom. The number of rotatable bonds is 5. The number of aromatic nitrogens is 1. The fourth-order valence-corrected chi connectivity index (χ4v) is 2.51. The summed E-state index contributed by atoms with van der Waals surface area (Å²) < 4.78 is 1.22. The van der Waals surface area contributed by atoms with E-state index in [2.05, 4.69) is 0 Å². The molecular weight excluding hydrogens is 298 g/mol. The summed E-state index contributed by atoms with van der Waals surface area (Å²) in [7, 11) is 0. The Bertz CT molecular complexity index is 835. The van der Waals surface area contributed by atoms with E-state index in [9.17, 15) is 14.4 Å². The van der Waals surface area contributed by atoms with Crippen molar-refractivity contribution in [2.24, 2.45) is 0 Å². The van der Waals surface area contributed by atoms with Gasteiger partial charge in [-0.2, -0.15) is 0 Å². The van der Waals surface area contributed by atoms with Crippen molar-refractivity contribution in [1.29, 1.82) is 0 Å². The fraction of sp³-hybridized carbons (Fsp3) is 0.235. The van der Waals surface area contributed by atoms with Crippen molar-refractivity contribution >= 4 is 11.9 Å². The van der Waals surface area contributed by atoms with Crippen LogP contribution in [0.5, 0.6) is 0 Å². The van der Waals surface area contributed by atoms with Crippen LogP contribution in [0.4, 0.5) is 0 Å². The number of aryl methyl sites for hydroxylation is 2. The minimum Gasteiger partial charge on any atom is -0.481 e. The number of hydrogen-bond donors (Lipinski definition) is 2. The van der Waals surface area contributed by atoms with Crippen molar-refractivity contribution in [1.82, 2.24) is 4.57 Å². The van der Waals surface area contributed by atoms with Crippen molar-refractivity contribution < 1.29 is 19.8 Å². The zero-order valence-corrected chi connectivity index (χ0v) is 12.9. The first-order valence-corrected chi connectivity index (χ1v) is 7.08. The van der Waals surface area contributed by atoms with Gasteiger partial charge in [0.25, 0.3) is 5.56 Å². The van der Waals surface area contributed by atoms with Crippen LogP contribution in [0, 0.1) is 13.8 Å². The van der Waals surface area contributed by atoms with E-state index in [1.54, 1.807) is 6.07 Å². The third-order valence-electron chi connectivity index (χ3n) is 3.61. The summed E-state index contributed by atoms with van der Waals surface area (Å²) in [5.41, 5.74) is 2.21. The lowest BCUT2D eigenvalue weighted by Crippen LogP contribution is -2.28. The van der Waals surface area contributed by atoms with Gasteiger partial charge in [0.15, 0.2) is 0 Å². The van der Waals surface area contributed by atoms with Crippen LogP contribution in [0.15, 0.2) is 35.1 Å². The number of benzene rings is 1. The van der Waals surface area contributed by atoms with Crippen LogP contribution in [0.2, 0.25) is 0 Å². The highest BCUT2D eigenvalue weighted by Crippen LogP contribution is 2.24. The molecule has 1 heterocycles. The van der Waals surface area contributed by atoms with Crippen LogP contribution < -0.4 is 5.56 Å². The molecule has 0 atom stereocenters. The van der Waals surface area contributed by atoms with Crippen LogP contribution in [-0.4, -0.2) is 26.7 Å². The van der Waals surface area contributed by atoms with Crippen molar-refractivity contribution in [3.63, 3.8) is 0 Å². The molecule has 0 aliphatic carbocycles. The van der Waals surface area contributed by atoms with Gasteiger partial charge in [-0.15, -0.1) is 0 Å². The molecule has 0 saturated heterocycles. The Kier molecular flexibility index (Phi) is 4.64. The maximum Gasteiger partial charge on any atom is 0.341 e. The van der Waals surface area contributed by atoms with Crippen LogP contribution in [0.3, 0.4) is 0 Å². The van der Waals surface area contributed by atoms with E-state index in [1.165, 1.54) is 10.6 Å². The molecule has 23 heavy (non-hydrogen) atoms. The van der Waals surface area contributed by atoms with Crippen molar-refractivity contribution in [3.8, 4) is 11.3 Å². The zero-order valence-electron chi connectivity index (χ0n) is 12.9. The molecule has 0 bridgehead atoms. The lowest BCUT2D eigenvalue weighted by molar-refractivity contribution is -0.137. The number of carboxylic acid groups (broad SMARTS) is 2. The van der Waals surface area contributed by atoms with Gasteiger partial charge in [-0.25, -0.2) is 4.79 Å². The van der Waals surface area contributed by atoms with E-state index in [0.717, 1.165) is 16.7 Å². The van der Waals surface area contributed by atoms with Crippen molar-refractivity contribution in [3.05, 3.63) is 57.4 Å². The van der Waals surface area contributed by atoms with E-state index < -0.39 is 17.5 Å². The summed E-state index contributed by atoms with van der Waals surface area (Å²) in [4.78, 5) is 34.4. The Labute approximate surface area is 132 Å².